The topological polar surface area (TPSA) is 46.3 Å². The molecule has 1 aromatic heterocycles. The molecule has 2 heterocycles. The lowest BCUT2D eigenvalue weighted by atomic mass is 10.00. The Hall–Kier alpha value is -1.32. The zero-order chi connectivity index (χ0) is 11.5. The molecule has 1 amide bonds. The van der Waals surface area contributed by atoms with Crippen LogP contribution in [0.15, 0.2) is 10.8 Å². The maximum Gasteiger partial charge on any atom is 0.230 e. The molecule has 88 valence electrons. The Labute approximate surface area is 95.6 Å². The van der Waals surface area contributed by atoms with E-state index in [0.717, 1.165) is 25.2 Å². The lowest BCUT2D eigenvalue weighted by molar-refractivity contribution is -0.132. The third-order valence-electron chi connectivity index (χ3n) is 3.17. The van der Waals surface area contributed by atoms with Crippen molar-refractivity contribution >= 4 is 5.91 Å². The molecule has 2 rings (SSSR count). The van der Waals surface area contributed by atoms with E-state index in [9.17, 15) is 4.79 Å². The highest BCUT2D eigenvalue weighted by atomic mass is 16.3. The quantitative estimate of drug-likeness (QED) is 0.766. The van der Waals surface area contributed by atoms with E-state index in [4.69, 9.17) is 4.42 Å². The average Bonchev–Trinajstić information content (AvgIpc) is 2.64. The van der Waals surface area contributed by atoms with Crippen LogP contribution in [-0.4, -0.2) is 28.9 Å². The van der Waals surface area contributed by atoms with Gasteiger partial charge < -0.3 is 9.32 Å². The van der Waals surface area contributed by atoms with Gasteiger partial charge in [-0.3, -0.25) is 4.79 Å². The number of amides is 1. The molecule has 1 aliphatic heterocycles. The molecule has 1 aliphatic rings. The molecule has 1 atom stereocenters. The molecule has 0 radical (unpaired) electrons. The minimum Gasteiger partial charge on any atom is -0.448 e. The number of aryl methyl sites for hydroxylation is 1. The van der Waals surface area contributed by atoms with Crippen LogP contribution in [0.5, 0.6) is 0 Å². The van der Waals surface area contributed by atoms with E-state index in [1.807, 2.05) is 11.8 Å². The second-order valence-electron chi connectivity index (χ2n) is 4.62. The number of hydrogen-bond donors (Lipinski definition) is 0. The standard InChI is InChI=1S/C12H18N2O2/c1-9-4-3-5-14(7-9)12(15)6-11-10(2)13-8-16-11/h8-9H,3-7H2,1-2H3. The summed E-state index contributed by atoms with van der Waals surface area (Å²) in [7, 11) is 0. The Morgan fingerprint density at radius 1 is 1.69 bits per heavy atom. The predicted octanol–water partition coefficient (Wildman–Crippen LogP) is 1.78. The zero-order valence-corrected chi connectivity index (χ0v) is 9.90. The third-order valence-corrected chi connectivity index (χ3v) is 3.17. The predicted molar refractivity (Wildman–Crippen MR) is 59.9 cm³/mol. The van der Waals surface area contributed by atoms with Crippen molar-refractivity contribution in [2.45, 2.75) is 33.1 Å². The van der Waals surface area contributed by atoms with E-state index in [1.165, 1.54) is 12.8 Å². The number of piperidine rings is 1. The number of rotatable bonds is 2. The van der Waals surface area contributed by atoms with Crippen LogP contribution in [0.3, 0.4) is 0 Å². The largest absolute Gasteiger partial charge is 0.448 e. The van der Waals surface area contributed by atoms with Gasteiger partial charge in [-0.05, 0) is 25.7 Å². The summed E-state index contributed by atoms with van der Waals surface area (Å²) < 4.78 is 5.19. The number of likely N-dealkylation sites (tertiary alicyclic amines) is 1. The van der Waals surface area contributed by atoms with Gasteiger partial charge in [0.25, 0.3) is 0 Å². The number of aromatic nitrogens is 1. The van der Waals surface area contributed by atoms with E-state index in [0.29, 0.717) is 18.1 Å². The van der Waals surface area contributed by atoms with Crippen molar-refractivity contribution in [3.63, 3.8) is 0 Å². The van der Waals surface area contributed by atoms with Crippen LogP contribution < -0.4 is 0 Å². The van der Waals surface area contributed by atoms with Crippen LogP contribution in [0.2, 0.25) is 0 Å². The number of nitrogens with zero attached hydrogens (tertiary/aromatic N) is 2. The molecule has 4 nitrogen and oxygen atoms in total. The Kier molecular flexibility index (Phi) is 3.27. The molecule has 1 aromatic rings. The first-order valence-electron chi connectivity index (χ1n) is 5.83. The molecule has 16 heavy (non-hydrogen) atoms. The highest BCUT2D eigenvalue weighted by Gasteiger charge is 2.22. The minimum absolute atomic E-state index is 0.159. The van der Waals surface area contributed by atoms with Gasteiger partial charge in [0, 0.05) is 13.1 Å². The monoisotopic (exact) mass is 222 g/mol. The second kappa shape index (κ2) is 4.68. The van der Waals surface area contributed by atoms with E-state index in [-0.39, 0.29) is 5.91 Å². The molecule has 0 aliphatic carbocycles. The van der Waals surface area contributed by atoms with Gasteiger partial charge in [-0.15, -0.1) is 0 Å². The fourth-order valence-corrected chi connectivity index (χ4v) is 2.16. The summed E-state index contributed by atoms with van der Waals surface area (Å²) in [6.45, 7) is 5.83. The minimum atomic E-state index is 0.159. The molecular weight excluding hydrogens is 204 g/mol. The van der Waals surface area contributed by atoms with E-state index >= 15 is 0 Å². The van der Waals surface area contributed by atoms with Crippen LogP contribution in [-0.2, 0) is 11.2 Å². The number of carbonyl (C=O) groups excluding carboxylic acids is 1. The Morgan fingerprint density at radius 3 is 3.12 bits per heavy atom. The van der Waals surface area contributed by atoms with Crippen LogP contribution in [0.1, 0.15) is 31.2 Å². The van der Waals surface area contributed by atoms with Gasteiger partial charge in [0.05, 0.1) is 12.1 Å². The van der Waals surface area contributed by atoms with Crippen molar-refractivity contribution in [2.75, 3.05) is 13.1 Å². The fraction of sp³-hybridized carbons (Fsp3) is 0.667. The summed E-state index contributed by atoms with van der Waals surface area (Å²) in [4.78, 5) is 17.9. The zero-order valence-electron chi connectivity index (χ0n) is 9.90. The van der Waals surface area contributed by atoms with Crippen molar-refractivity contribution < 1.29 is 9.21 Å². The van der Waals surface area contributed by atoms with Gasteiger partial charge in [-0.25, -0.2) is 4.98 Å². The molecule has 1 saturated heterocycles. The highest BCUT2D eigenvalue weighted by Crippen LogP contribution is 2.17. The smallest absolute Gasteiger partial charge is 0.230 e. The van der Waals surface area contributed by atoms with E-state index < -0.39 is 0 Å². The van der Waals surface area contributed by atoms with Gasteiger partial charge in [-0.2, -0.15) is 0 Å². The van der Waals surface area contributed by atoms with Gasteiger partial charge in [0.1, 0.15) is 5.76 Å². The average molecular weight is 222 g/mol. The maximum atomic E-state index is 12.0. The van der Waals surface area contributed by atoms with Crippen molar-refractivity contribution in [2.24, 2.45) is 5.92 Å². The van der Waals surface area contributed by atoms with Crippen LogP contribution in [0, 0.1) is 12.8 Å². The van der Waals surface area contributed by atoms with Gasteiger partial charge in [0.2, 0.25) is 5.91 Å². The summed E-state index contributed by atoms with van der Waals surface area (Å²) in [5.74, 6) is 1.48. The summed E-state index contributed by atoms with van der Waals surface area (Å²) in [6, 6.07) is 0. The highest BCUT2D eigenvalue weighted by molar-refractivity contribution is 5.78. The van der Waals surface area contributed by atoms with Gasteiger partial charge in [0.15, 0.2) is 6.39 Å². The number of carbonyl (C=O) groups is 1. The number of hydrogen-bond acceptors (Lipinski definition) is 3. The molecule has 0 aromatic carbocycles. The summed E-state index contributed by atoms with van der Waals surface area (Å²) >= 11 is 0. The van der Waals surface area contributed by atoms with Gasteiger partial charge >= 0.3 is 0 Å². The fourth-order valence-electron chi connectivity index (χ4n) is 2.16. The first kappa shape index (κ1) is 11.2. The Morgan fingerprint density at radius 2 is 2.50 bits per heavy atom. The molecule has 0 spiro atoms. The third kappa shape index (κ3) is 2.43. The second-order valence-corrected chi connectivity index (χ2v) is 4.62. The summed E-state index contributed by atoms with van der Waals surface area (Å²) in [5.41, 5.74) is 0.818. The Balaban J connectivity index is 1.95. The van der Waals surface area contributed by atoms with Crippen molar-refractivity contribution in [3.05, 3.63) is 17.8 Å². The SMILES string of the molecule is Cc1ncoc1CC(=O)N1CCCC(C)C1. The van der Waals surface area contributed by atoms with Crippen molar-refractivity contribution in [1.82, 2.24) is 9.88 Å². The molecule has 1 unspecified atom stereocenters. The van der Waals surface area contributed by atoms with Crippen LogP contribution in [0.4, 0.5) is 0 Å². The van der Waals surface area contributed by atoms with Crippen molar-refractivity contribution in [3.8, 4) is 0 Å². The molecule has 0 saturated carbocycles. The molecule has 0 N–H and O–H groups in total. The molecule has 0 bridgehead atoms. The Bertz CT molecular complexity index is 373. The molecule has 1 fully saturated rings. The van der Waals surface area contributed by atoms with E-state index in [1.54, 1.807) is 0 Å². The molecular formula is C12H18N2O2. The first-order chi connectivity index (χ1) is 7.66. The van der Waals surface area contributed by atoms with Gasteiger partial charge in [-0.1, -0.05) is 6.92 Å². The normalized spacial score (nSPS) is 21.1. The first-order valence-corrected chi connectivity index (χ1v) is 5.83. The van der Waals surface area contributed by atoms with E-state index in [2.05, 4.69) is 11.9 Å². The lowest BCUT2D eigenvalue weighted by Gasteiger charge is -2.30. The molecule has 4 heteroatoms. The lowest BCUT2D eigenvalue weighted by Crippen LogP contribution is -2.39. The maximum absolute atomic E-state index is 12.0. The number of oxazole rings is 1. The van der Waals surface area contributed by atoms with Crippen LogP contribution >= 0.6 is 0 Å². The summed E-state index contributed by atoms with van der Waals surface area (Å²) in [5, 5.41) is 0. The van der Waals surface area contributed by atoms with Crippen LogP contribution in [0.25, 0.3) is 0 Å². The van der Waals surface area contributed by atoms with Crippen molar-refractivity contribution in [1.29, 1.82) is 0 Å². The summed E-state index contributed by atoms with van der Waals surface area (Å²) in [6.07, 6.45) is 4.09.